The highest BCUT2D eigenvalue weighted by atomic mass is 16.2. The fraction of sp³-hybridized carbons (Fsp3) is 0.250. The van der Waals surface area contributed by atoms with Gasteiger partial charge in [-0.05, 0) is 43.7 Å². The van der Waals surface area contributed by atoms with Crippen molar-refractivity contribution >= 4 is 29.1 Å². The Morgan fingerprint density at radius 2 is 1.50 bits per heavy atom. The minimum Gasteiger partial charge on any atom is -0.399 e. The quantitative estimate of drug-likeness (QED) is 0.676. The van der Waals surface area contributed by atoms with E-state index < -0.39 is 17.7 Å². The van der Waals surface area contributed by atoms with Crippen LogP contribution in [0.1, 0.15) is 26.3 Å². The first kappa shape index (κ1) is 19.2. The van der Waals surface area contributed by atoms with Crippen LogP contribution >= 0.6 is 0 Å². The number of carbonyl (C=O) groups excluding carboxylic acids is 3. The maximum atomic E-state index is 12.8. The molecule has 0 aliphatic carbocycles. The van der Waals surface area contributed by atoms with Crippen LogP contribution in [-0.4, -0.2) is 28.7 Å². The summed E-state index contributed by atoms with van der Waals surface area (Å²) < 4.78 is 0. The van der Waals surface area contributed by atoms with Crippen LogP contribution in [0.25, 0.3) is 0 Å². The molecule has 136 valence electrons. The number of carbonyl (C=O) groups is 3. The van der Waals surface area contributed by atoms with Crippen LogP contribution in [0.5, 0.6) is 0 Å². The molecular weight excluding hydrogens is 330 g/mol. The topological polar surface area (TPSA) is 83.7 Å². The molecule has 2 aromatic rings. The molecule has 0 saturated carbocycles. The summed E-state index contributed by atoms with van der Waals surface area (Å²) in [7, 11) is 0. The van der Waals surface area contributed by atoms with Gasteiger partial charge in [-0.15, -0.1) is 0 Å². The lowest BCUT2D eigenvalue weighted by atomic mass is 10.1. The van der Waals surface area contributed by atoms with Gasteiger partial charge in [0, 0.05) is 25.2 Å². The van der Waals surface area contributed by atoms with E-state index in [1.807, 2.05) is 44.2 Å². The zero-order chi connectivity index (χ0) is 19.3. The highest BCUT2D eigenvalue weighted by Crippen LogP contribution is 2.18. The summed E-state index contributed by atoms with van der Waals surface area (Å²) in [5.41, 5.74) is 7.37. The summed E-state index contributed by atoms with van der Waals surface area (Å²) >= 11 is 0. The second-order valence-corrected chi connectivity index (χ2v) is 6.26. The molecule has 0 saturated heterocycles. The van der Waals surface area contributed by atoms with Gasteiger partial charge in [0.25, 0.3) is 0 Å². The minimum absolute atomic E-state index is 0.202. The third-order valence-corrected chi connectivity index (χ3v) is 3.93. The first-order valence-corrected chi connectivity index (χ1v) is 8.36. The number of anilines is 2. The summed E-state index contributed by atoms with van der Waals surface area (Å²) in [5.74, 6) is -2.14. The van der Waals surface area contributed by atoms with Crippen molar-refractivity contribution in [3.8, 4) is 0 Å². The van der Waals surface area contributed by atoms with Gasteiger partial charge in [-0.1, -0.05) is 30.3 Å². The van der Waals surface area contributed by atoms with Gasteiger partial charge < -0.3 is 10.6 Å². The molecule has 0 fully saturated rings. The van der Waals surface area contributed by atoms with E-state index in [0.29, 0.717) is 11.4 Å². The van der Waals surface area contributed by atoms with E-state index in [1.165, 1.54) is 11.8 Å². The summed E-state index contributed by atoms with van der Waals surface area (Å²) in [4.78, 5) is 40.0. The molecule has 0 aliphatic heterocycles. The zero-order valence-electron chi connectivity index (χ0n) is 15.2. The lowest BCUT2D eigenvalue weighted by Gasteiger charge is -2.28. The first-order valence-electron chi connectivity index (χ1n) is 8.36. The monoisotopic (exact) mass is 353 g/mol. The summed E-state index contributed by atoms with van der Waals surface area (Å²) in [6.07, 6.45) is 0. The van der Waals surface area contributed by atoms with E-state index in [4.69, 9.17) is 5.73 Å². The molecule has 6 nitrogen and oxygen atoms in total. The maximum Gasteiger partial charge on any atom is 0.323 e. The molecule has 2 rings (SSSR count). The standard InChI is InChI=1S/C20H23N3O3/c1-14(2)22(13-16-7-5-4-6-8-16)19(25)20(26)23(15(3)24)18-11-9-17(21)10-12-18/h4-12,14H,13,21H2,1-3H3. The molecule has 6 heteroatoms. The van der Waals surface area contributed by atoms with E-state index in [-0.39, 0.29) is 12.6 Å². The van der Waals surface area contributed by atoms with Gasteiger partial charge in [-0.3, -0.25) is 14.4 Å². The summed E-state index contributed by atoms with van der Waals surface area (Å²) in [5, 5.41) is 0. The highest BCUT2D eigenvalue weighted by molar-refractivity contribution is 6.45. The van der Waals surface area contributed by atoms with Gasteiger partial charge in [0.05, 0.1) is 5.69 Å². The third kappa shape index (κ3) is 4.47. The number of benzene rings is 2. The first-order chi connectivity index (χ1) is 12.3. The van der Waals surface area contributed by atoms with Gasteiger partial charge >= 0.3 is 11.8 Å². The number of hydrogen-bond acceptors (Lipinski definition) is 4. The minimum atomic E-state index is -0.882. The molecule has 0 aromatic heterocycles. The highest BCUT2D eigenvalue weighted by Gasteiger charge is 2.31. The fourth-order valence-electron chi connectivity index (χ4n) is 2.55. The van der Waals surface area contributed by atoms with Crippen LogP contribution < -0.4 is 10.6 Å². The largest absolute Gasteiger partial charge is 0.399 e. The molecule has 0 heterocycles. The van der Waals surface area contributed by atoms with E-state index in [0.717, 1.165) is 10.5 Å². The number of imide groups is 1. The van der Waals surface area contributed by atoms with Gasteiger partial charge in [0.2, 0.25) is 5.91 Å². The molecule has 0 unspecified atom stereocenters. The van der Waals surface area contributed by atoms with E-state index >= 15 is 0 Å². The Kier molecular flexibility index (Phi) is 6.11. The lowest BCUT2D eigenvalue weighted by molar-refractivity contribution is -0.147. The SMILES string of the molecule is CC(=O)N(C(=O)C(=O)N(Cc1ccccc1)C(C)C)c1ccc(N)cc1. The van der Waals surface area contributed by atoms with Gasteiger partial charge in [0.1, 0.15) is 0 Å². The Hall–Kier alpha value is -3.15. The van der Waals surface area contributed by atoms with Crippen LogP contribution in [0.4, 0.5) is 11.4 Å². The smallest absolute Gasteiger partial charge is 0.323 e. The molecule has 0 bridgehead atoms. The Morgan fingerprint density at radius 3 is 2.00 bits per heavy atom. The van der Waals surface area contributed by atoms with Crippen molar-refractivity contribution in [1.82, 2.24) is 4.90 Å². The summed E-state index contributed by atoms with van der Waals surface area (Å²) in [6.45, 7) is 5.19. The average Bonchev–Trinajstić information content (AvgIpc) is 2.61. The van der Waals surface area contributed by atoms with Crippen molar-refractivity contribution < 1.29 is 14.4 Å². The van der Waals surface area contributed by atoms with Crippen LogP contribution in [0, 0.1) is 0 Å². The predicted molar refractivity (Wildman–Crippen MR) is 101 cm³/mol. The fourth-order valence-corrected chi connectivity index (χ4v) is 2.55. The second kappa shape index (κ2) is 8.29. The predicted octanol–water partition coefficient (Wildman–Crippen LogP) is 2.59. The number of nitrogens with two attached hydrogens (primary N) is 1. The molecule has 2 N–H and O–H groups in total. The molecular formula is C20H23N3O3. The Morgan fingerprint density at radius 1 is 0.923 bits per heavy atom. The van der Waals surface area contributed by atoms with Crippen molar-refractivity contribution in [3.05, 3.63) is 60.2 Å². The molecule has 0 aliphatic rings. The van der Waals surface area contributed by atoms with Crippen molar-refractivity contribution in [2.24, 2.45) is 0 Å². The third-order valence-electron chi connectivity index (χ3n) is 3.93. The van der Waals surface area contributed by atoms with Crippen LogP contribution in [-0.2, 0) is 20.9 Å². The van der Waals surface area contributed by atoms with E-state index in [1.54, 1.807) is 24.3 Å². The van der Waals surface area contributed by atoms with Crippen molar-refractivity contribution in [3.63, 3.8) is 0 Å². The number of rotatable bonds is 4. The molecule has 0 atom stereocenters. The molecule has 0 spiro atoms. The van der Waals surface area contributed by atoms with Crippen LogP contribution in [0.3, 0.4) is 0 Å². The number of hydrogen-bond donors (Lipinski definition) is 1. The molecule has 0 radical (unpaired) electrons. The molecule has 2 aromatic carbocycles. The second-order valence-electron chi connectivity index (χ2n) is 6.26. The average molecular weight is 353 g/mol. The zero-order valence-corrected chi connectivity index (χ0v) is 15.2. The number of nitrogen functional groups attached to an aromatic ring is 1. The van der Waals surface area contributed by atoms with Crippen molar-refractivity contribution in [2.75, 3.05) is 10.6 Å². The maximum absolute atomic E-state index is 12.8. The van der Waals surface area contributed by atoms with Crippen molar-refractivity contribution in [2.45, 2.75) is 33.4 Å². The number of amides is 3. The Balaban J connectivity index is 2.29. The summed E-state index contributed by atoms with van der Waals surface area (Å²) in [6, 6.07) is 15.4. The molecule has 26 heavy (non-hydrogen) atoms. The van der Waals surface area contributed by atoms with Crippen molar-refractivity contribution in [1.29, 1.82) is 0 Å². The normalized spacial score (nSPS) is 10.5. The van der Waals surface area contributed by atoms with E-state index in [2.05, 4.69) is 0 Å². The van der Waals surface area contributed by atoms with Crippen LogP contribution in [0.2, 0.25) is 0 Å². The van der Waals surface area contributed by atoms with E-state index in [9.17, 15) is 14.4 Å². The Labute approximate surface area is 153 Å². The van der Waals surface area contributed by atoms with Gasteiger partial charge in [-0.2, -0.15) is 0 Å². The van der Waals surface area contributed by atoms with Crippen LogP contribution in [0.15, 0.2) is 54.6 Å². The lowest BCUT2D eigenvalue weighted by Crippen LogP contribution is -2.49. The number of nitrogens with zero attached hydrogens (tertiary/aromatic N) is 2. The van der Waals surface area contributed by atoms with Gasteiger partial charge in [-0.25, -0.2) is 4.90 Å². The Bertz CT molecular complexity index is 786. The van der Waals surface area contributed by atoms with Gasteiger partial charge in [0.15, 0.2) is 0 Å². The molecule has 3 amide bonds.